The van der Waals surface area contributed by atoms with Crippen molar-refractivity contribution in [2.75, 3.05) is 32.0 Å². The summed E-state index contributed by atoms with van der Waals surface area (Å²) in [4.78, 5) is 33.9. The number of nitrogens with one attached hydrogen (secondary N) is 1. The fourth-order valence-electron chi connectivity index (χ4n) is 5.31. The Hall–Kier alpha value is -2.84. The molecule has 2 heterocycles. The fourth-order valence-corrected chi connectivity index (χ4v) is 5.31. The molecule has 3 atom stereocenters. The van der Waals surface area contributed by atoms with Gasteiger partial charge in [0.15, 0.2) is 18.2 Å². The van der Waals surface area contributed by atoms with Crippen LogP contribution in [-0.2, 0) is 19.9 Å². The zero-order valence-electron chi connectivity index (χ0n) is 19.2. The average Bonchev–Trinajstić information content (AvgIpc) is 3.35. The Labute approximate surface area is 194 Å². The van der Waals surface area contributed by atoms with Gasteiger partial charge >= 0.3 is 5.97 Å². The number of benzene rings is 1. The number of piperidine rings is 1. The smallest absolute Gasteiger partial charge is 0.343 e. The third kappa shape index (κ3) is 5.39. The molecular weight excluding hydrogens is 420 g/mol. The van der Waals surface area contributed by atoms with Gasteiger partial charge in [-0.05, 0) is 30.9 Å². The number of carbonyl (C=O) groups is 2. The Kier molecular flexibility index (Phi) is 7.05. The van der Waals surface area contributed by atoms with Gasteiger partial charge in [0.1, 0.15) is 18.7 Å². The number of aliphatic hydroxyl groups is 1. The highest BCUT2D eigenvalue weighted by Crippen LogP contribution is 2.42. The van der Waals surface area contributed by atoms with E-state index in [1.165, 1.54) is 6.33 Å². The van der Waals surface area contributed by atoms with E-state index in [-0.39, 0.29) is 24.5 Å². The largest absolute Gasteiger partial charge is 0.454 e. The van der Waals surface area contributed by atoms with Crippen molar-refractivity contribution < 1.29 is 23.9 Å². The molecule has 2 aliphatic rings. The number of ether oxygens (including phenoxy) is 1. The number of aromatic nitrogens is 2. The van der Waals surface area contributed by atoms with E-state index in [2.05, 4.69) is 15.3 Å². The van der Waals surface area contributed by atoms with Crippen LogP contribution in [0.2, 0.25) is 0 Å². The molecule has 176 valence electrons. The number of quaternary nitrogens is 1. The van der Waals surface area contributed by atoms with Crippen LogP contribution in [-0.4, -0.2) is 64.2 Å². The molecule has 0 radical (unpaired) electrons. The van der Waals surface area contributed by atoms with Gasteiger partial charge in [0.05, 0.1) is 13.6 Å². The highest BCUT2D eigenvalue weighted by atomic mass is 16.6. The number of rotatable bonds is 7. The number of likely N-dealkylation sites (tertiary alicyclic amines) is 1. The first-order chi connectivity index (χ1) is 15.9. The Bertz CT molecular complexity index is 951. The molecule has 1 saturated carbocycles. The summed E-state index contributed by atoms with van der Waals surface area (Å²) in [6.45, 7) is 1.60. The Balaban J connectivity index is 1.43. The third-order valence-electron chi connectivity index (χ3n) is 6.99. The van der Waals surface area contributed by atoms with Gasteiger partial charge in [-0.1, -0.05) is 43.2 Å². The summed E-state index contributed by atoms with van der Waals surface area (Å²) in [6.07, 6.45) is 7.81. The van der Waals surface area contributed by atoms with E-state index >= 15 is 0 Å². The van der Waals surface area contributed by atoms with Crippen LogP contribution in [0.5, 0.6) is 0 Å². The molecule has 33 heavy (non-hydrogen) atoms. The molecule has 8 heteroatoms. The molecule has 8 nitrogen and oxygen atoms in total. The van der Waals surface area contributed by atoms with Gasteiger partial charge in [0.25, 0.3) is 5.91 Å². The molecule has 2 unspecified atom stereocenters. The van der Waals surface area contributed by atoms with E-state index in [1.54, 1.807) is 24.4 Å². The first kappa shape index (κ1) is 23.3. The number of carbonyl (C=O) groups excluding carboxylic acids is 2. The Morgan fingerprint density at radius 1 is 1.15 bits per heavy atom. The summed E-state index contributed by atoms with van der Waals surface area (Å²) in [7, 11) is 2.00. The van der Waals surface area contributed by atoms with E-state index in [1.807, 2.05) is 25.2 Å². The molecule has 2 N–H and O–H groups in total. The van der Waals surface area contributed by atoms with Crippen LogP contribution in [0.3, 0.4) is 0 Å². The van der Waals surface area contributed by atoms with Gasteiger partial charge in [-0.25, -0.2) is 14.8 Å². The number of amides is 1. The van der Waals surface area contributed by atoms with E-state index in [9.17, 15) is 14.7 Å². The second-order valence-corrected chi connectivity index (χ2v) is 9.61. The van der Waals surface area contributed by atoms with Gasteiger partial charge < -0.3 is 19.6 Å². The summed E-state index contributed by atoms with van der Waals surface area (Å²) >= 11 is 0. The quantitative estimate of drug-likeness (QED) is 0.494. The van der Waals surface area contributed by atoms with Gasteiger partial charge in [0, 0.05) is 18.5 Å². The van der Waals surface area contributed by atoms with Crippen LogP contribution in [0.25, 0.3) is 0 Å². The molecule has 1 aromatic carbocycles. The predicted molar refractivity (Wildman–Crippen MR) is 123 cm³/mol. The maximum absolute atomic E-state index is 13.4. The minimum atomic E-state index is -1.64. The predicted octanol–water partition coefficient (Wildman–Crippen LogP) is 2.65. The lowest BCUT2D eigenvalue weighted by Gasteiger charge is -2.41. The number of anilines is 1. The molecule has 1 aliphatic heterocycles. The van der Waals surface area contributed by atoms with Crippen molar-refractivity contribution in [1.29, 1.82) is 0 Å². The molecule has 1 amide bonds. The lowest BCUT2D eigenvalue weighted by Crippen LogP contribution is -2.57. The maximum Gasteiger partial charge on any atom is 0.343 e. The minimum Gasteiger partial charge on any atom is -0.454 e. The Morgan fingerprint density at radius 2 is 1.91 bits per heavy atom. The highest BCUT2D eigenvalue weighted by molar-refractivity contribution is 5.90. The van der Waals surface area contributed by atoms with Crippen LogP contribution in [0.15, 0.2) is 48.9 Å². The van der Waals surface area contributed by atoms with Crippen LogP contribution in [0.4, 0.5) is 5.82 Å². The van der Waals surface area contributed by atoms with Crippen LogP contribution >= 0.6 is 0 Å². The van der Waals surface area contributed by atoms with Gasteiger partial charge in [0.2, 0.25) is 0 Å². The van der Waals surface area contributed by atoms with Gasteiger partial charge in [-0.15, -0.1) is 0 Å². The number of likely N-dealkylation sites (N-methyl/N-ethyl adjacent to an activating group) is 1. The first-order valence-corrected chi connectivity index (χ1v) is 11.8. The first-order valence-electron chi connectivity index (χ1n) is 11.8. The van der Waals surface area contributed by atoms with E-state index in [0.717, 1.165) is 45.1 Å². The van der Waals surface area contributed by atoms with Crippen molar-refractivity contribution in [2.45, 2.75) is 50.2 Å². The summed E-state index contributed by atoms with van der Waals surface area (Å²) in [6, 6.07) is 10.8. The van der Waals surface area contributed by atoms with E-state index in [4.69, 9.17) is 4.74 Å². The SMILES string of the molecule is C[N@@+]1(CC(=O)Nc2ccncn2)CCCC(OC(=O)C(O)(c2ccccc2)C2CCCC2)C1. The third-order valence-corrected chi connectivity index (χ3v) is 6.99. The lowest BCUT2D eigenvalue weighted by molar-refractivity contribution is -0.909. The van der Waals surface area contributed by atoms with Crippen molar-refractivity contribution in [3.05, 3.63) is 54.5 Å². The van der Waals surface area contributed by atoms with Gasteiger partial charge in [-0.2, -0.15) is 0 Å². The topological polar surface area (TPSA) is 101 Å². The molecule has 1 aromatic heterocycles. The second-order valence-electron chi connectivity index (χ2n) is 9.61. The number of hydrogen-bond acceptors (Lipinski definition) is 6. The highest BCUT2D eigenvalue weighted by Gasteiger charge is 2.49. The van der Waals surface area contributed by atoms with Crippen molar-refractivity contribution >= 4 is 17.7 Å². The van der Waals surface area contributed by atoms with Crippen LogP contribution < -0.4 is 5.32 Å². The lowest BCUT2D eigenvalue weighted by atomic mass is 9.80. The normalized spacial score (nSPS) is 25.2. The van der Waals surface area contributed by atoms with Crippen LogP contribution in [0, 0.1) is 5.92 Å². The summed E-state index contributed by atoms with van der Waals surface area (Å²) in [5.41, 5.74) is -1.04. The molecule has 1 saturated heterocycles. The maximum atomic E-state index is 13.4. The standard InChI is InChI=1S/C25H32N4O4/c1-29(17-23(30)28-22-13-14-26-18-27-22)15-7-12-21(16-29)33-24(31)25(32,20-10-5-6-11-20)19-8-3-2-4-9-19/h2-4,8-9,13-14,18,20-21,32H,5-7,10-12,15-17H2,1H3/p+1/t21?,25?,29-/m1/s1. The zero-order chi connectivity index (χ0) is 23.3. The number of esters is 1. The summed E-state index contributed by atoms with van der Waals surface area (Å²) in [5, 5.41) is 14.5. The molecule has 2 fully saturated rings. The van der Waals surface area contributed by atoms with E-state index < -0.39 is 11.6 Å². The molecule has 0 spiro atoms. The number of hydrogen-bond donors (Lipinski definition) is 2. The molecular formula is C25H33N4O4+. The fraction of sp³-hybridized carbons (Fsp3) is 0.520. The molecule has 2 aromatic rings. The molecule has 1 aliphatic carbocycles. The van der Waals surface area contributed by atoms with E-state index in [0.29, 0.717) is 22.4 Å². The minimum absolute atomic E-state index is 0.143. The number of nitrogens with zero attached hydrogens (tertiary/aromatic N) is 3. The zero-order valence-corrected chi connectivity index (χ0v) is 19.2. The second kappa shape index (κ2) is 9.97. The summed E-state index contributed by atoms with van der Waals surface area (Å²) < 4.78 is 6.42. The van der Waals surface area contributed by atoms with Crippen molar-refractivity contribution in [3.8, 4) is 0 Å². The Morgan fingerprint density at radius 3 is 2.61 bits per heavy atom. The van der Waals surface area contributed by atoms with Gasteiger partial charge in [-0.3, -0.25) is 4.79 Å². The molecule has 4 rings (SSSR count). The van der Waals surface area contributed by atoms with Crippen molar-refractivity contribution in [3.63, 3.8) is 0 Å². The monoisotopic (exact) mass is 453 g/mol. The molecule has 0 bridgehead atoms. The summed E-state index contributed by atoms with van der Waals surface area (Å²) in [5.74, 6) is -0.388. The van der Waals surface area contributed by atoms with Crippen molar-refractivity contribution in [1.82, 2.24) is 9.97 Å². The van der Waals surface area contributed by atoms with Crippen LogP contribution in [0.1, 0.15) is 44.1 Å². The van der Waals surface area contributed by atoms with Crippen molar-refractivity contribution in [2.24, 2.45) is 5.92 Å². The average molecular weight is 454 g/mol.